The number of aryl methyl sites for hydroxylation is 1. The maximum atomic E-state index is 6.29. The normalized spacial score (nSPS) is 12.4. The molecule has 0 spiro atoms. The van der Waals surface area contributed by atoms with Gasteiger partial charge in [0.15, 0.2) is 0 Å². The molecule has 0 radical (unpaired) electrons. The summed E-state index contributed by atoms with van der Waals surface area (Å²) in [6, 6.07) is 15.8. The van der Waals surface area contributed by atoms with Crippen molar-refractivity contribution in [2.24, 2.45) is 5.73 Å². The van der Waals surface area contributed by atoms with Crippen LogP contribution in [0.15, 0.2) is 65.4 Å². The molecule has 0 aliphatic carbocycles. The van der Waals surface area contributed by atoms with E-state index >= 15 is 0 Å². The van der Waals surface area contributed by atoms with Gasteiger partial charge in [0.05, 0.1) is 17.6 Å². The summed E-state index contributed by atoms with van der Waals surface area (Å²) < 4.78 is 7.23. The molecule has 0 bridgehead atoms. The molecule has 20 heavy (non-hydrogen) atoms. The Morgan fingerprint density at radius 3 is 2.70 bits per heavy atom. The topological polar surface area (TPSA) is 57.0 Å². The summed E-state index contributed by atoms with van der Waals surface area (Å²) in [5.41, 5.74) is 8.34. The van der Waals surface area contributed by atoms with E-state index in [1.54, 1.807) is 12.5 Å². The predicted octanol–water partition coefficient (Wildman–Crippen LogP) is 3.10. The number of nitrogens with zero attached hydrogens (tertiary/aromatic N) is 2. The van der Waals surface area contributed by atoms with Gasteiger partial charge >= 0.3 is 0 Å². The number of furan rings is 1. The Kier molecular flexibility index (Phi) is 3.65. The van der Waals surface area contributed by atoms with Crippen LogP contribution in [0.5, 0.6) is 0 Å². The first-order valence-electron chi connectivity index (χ1n) is 6.72. The molecule has 1 aromatic carbocycles. The minimum absolute atomic E-state index is 0.0668. The van der Waals surface area contributed by atoms with Crippen LogP contribution in [0, 0.1) is 0 Å². The van der Waals surface area contributed by atoms with Crippen molar-refractivity contribution >= 4 is 0 Å². The van der Waals surface area contributed by atoms with Gasteiger partial charge in [0.2, 0.25) is 0 Å². The maximum Gasteiger partial charge on any atom is 0.103 e. The molecule has 1 unspecified atom stereocenters. The third-order valence-electron chi connectivity index (χ3n) is 3.33. The molecule has 3 rings (SSSR count). The average Bonchev–Trinajstić information content (AvgIpc) is 3.17. The van der Waals surface area contributed by atoms with Crippen LogP contribution in [0.25, 0.3) is 5.69 Å². The molecular weight excluding hydrogens is 250 g/mol. The molecule has 0 saturated carbocycles. The second kappa shape index (κ2) is 5.75. The summed E-state index contributed by atoms with van der Waals surface area (Å²) in [7, 11) is 0. The fourth-order valence-corrected chi connectivity index (χ4v) is 2.28. The Morgan fingerprint density at radius 2 is 1.95 bits per heavy atom. The van der Waals surface area contributed by atoms with Crippen LogP contribution in [0.3, 0.4) is 0 Å². The number of benzene rings is 1. The second-order valence-electron chi connectivity index (χ2n) is 4.73. The second-order valence-corrected chi connectivity index (χ2v) is 4.73. The van der Waals surface area contributed by atoms with Crippen molar-refractivity contribution in [3.8, 4) is 5.69 Å². The molecule has 2 heterocycles. The third kappa shape index (κ3) is 2.65. The molecule has 0 amide bonds. The fourth-order valence-electron chi connectivity index (χ4n) is 2.28. The van der Waals surface area contributed by atoms with Gasteiger partial charge in [0, 0.05) is 18.7 Å². The van der Waals surface area contributed by atoms with E-state index in [9.17, 15) is 0 Å². The number of aromatic nitrogens is 2. The first-order chi connectivity index (χ1) is 9.84. The van der Waals surface area contributed by atoms with Gasteiger partial charge in [-0.25, -0.2) is 4.68 Å². The lowest BCUT2D eigenvalue weighted by Crippen LogP contribution is -2.16. The van der Waals surface area contributed by atoms with Gasteiger partial charge in [-0.1, -0.05) is 18.2 Å². The number of rotatable bonds is 5. The minimum atomic E-state index is -0.0668. The van der Waals surface area contributed by atoms with Crippen LogP contribution in [0.1, 0.15) is 23.9 Å². The third-order valence-corrected chi connectivity index (χ3v) is 3.33. The SMILES string of the molecule is NC(CCc1ccco1)c1ccnn1-c1ccccc1. The lowest BCUT2D eigenvalue weighted by molar-refractivity contribution is 0.484. The molecule has 102 valence electrons. The largest absolute Gasteiger partial charge is 0.469 e. The number of nitrogens with two attached hydrogens (primary N) is 1. The summed E-state index contributed by atoms with van der Waals surface area (Å²) in [4.78, 5) is 0. The van der Waals surface area contributed by atoms with Crippen LogP contribution in [0.2, 0.25) is 0 Å². The van der Waals surface area contributed by atoms with E-state index in [1.807, 2.05) is 53.2 Å². The highest BCUT2D eigenvalue weighted by Gasteiger charge is 2.13. The molecule has 0 saturated heterocycles. The van der Waals surface area contributed by atoms with Gasteiger partial charge in [0.25, 0.3) is 0 Å². The molecule has 2 N–H and O–H groups in total. The molecule has 2 aromatic heterocycles. The van der Waals surface area contributed by atoms with Crippen LogP contribution in [0.4, 0.5) is 0 Å². The van der Waals surface area contributed by atoms with Crippen LogP contribution in [-0.2, 0) is 6.42 Å². The van der Waals surface area contributed by atoms with E-state index in [-0.39, 0.29) is 6.04 Å². The zero-order chi connectivity index (χ0) is 13.8. The van der Waals surface area contributed by atoms with Gasteiger partial charge < -0.3 is 10.2 Å². The van der Waals surface area contributed by atoms with Gasteiger partial charge in [0.1, 0.15) is 5.76 Å². The Morgan fingerprint density at radius 1 is 1.10 bits per heavy atom. The van der Waals surface area contributed by atoms with Gasteiger partial charge in [-0.3, -0.25) is 0 Å². The number of hydrogen-bond donors (Lipinski definition) is 1. The highest BCUT2D eigenvalue weighted by atomic mass is 16.3. The maximum absolute atomic E-state index is 6.29. The lowest BCUT2D eigenvalue weighted by atomic mass is 10.1. The molecule has 4 heteroatoms. The Hall–Kier alpha value is -2.33. The van der Waals surface area contributed by atoms with Crippen molar-refractivity contribution in [2.45, 2.75) is 18.9 Å². The minimum Gasteiger partial charge on any atom is -0.469 e. The average molecular weight is 267 g/mol. The predicted molar refractivity (Wildman–Crippen MR) is 77.5 cm³/mol. The molecule has 0 aliphatic heterocycles. The molecular formula is C16H17N3O. The van der Waals surface area contributed by atoms with Crippen molar-refractivity contribution in [1.82, 2.24) is 9.78 Å². The zero-order valence-corrected chi connectivity index (χ0v) is 11.1. The standard InChI is InChI=1S/C16H17N3O/c17-15(9-8-14-7-4-12-20-14)16-10-11-18-19(16)13-5-2-1-3-6-13/h1-7,10-12,15H,8-9,17H2. The van der Waals surface area contributed by atoms with Crippen molar-refractivity contribution in [1.29, 1.82) is 0 Å². The monoisotopic (exact) mass is 267 g/mol. The molecule has 4 nitrogen and oxygen atoms in total. The number of para-hydroxylation sites is 1. The first-order valence-corrected chi connectivity index (χ1v) is 6.72. The van der Waals surface area contributed by atoms with Crippen molar-refractivity contribution < 1.29 is 4.42 Å². The van der Waals surface area contributed by atoms with Crippen molar-refractivity contribution in [3.63, 3.8) is 0 Å². The van der Waals surface area contributed by atoms with E-state index in [0.717, 1.165) is 30.0 Å². The van der Waals surface area contributed by atoms with Crippen LogP contribution >= 0.6 is 0 Å². The highest BCUT2D eigenvalue weighted by molar-refractivity contribution is 5.33. The van der Waals surface area contributed by atoms with E-state index < -0.39 is 0 Å². The summed E-state index contributed by atoms with van der Waals surface area (Å²) in [5.74, 6) is 0.964. The van der Waals surface area contributed by atoms with E-state index in [0.29, 0.717) is 0 Å². The summed E-state index contributed by atoms with van der Waals surface area (Å²) in [5, 5.41) is 4.37. The Balaban J connectivity index is 1.75. The Bertz CT molecular complexity index is 643. The van der Waals surface area contributed by atoms with Crippen LogP contribution in [-0.4, -0.2) is 9.78 Å². The summed E-state index contributed by atoms with van der Waals surface area (Å²) in [6.45, 7) is 0. The smallest absolute Gasteiger partial charge is 0.103 e. The van der Waals surface area contributed by atoms with Crippen LogP contribution < -0.4 is 5.73 Å². The lowest BCUT2D eigenvalue weighted by Gasteiger charge is -2.13. The molecule has 0 fully saturated rings. The molecule has 0 aliphatic rings. The van der Waals surface area contributed by atoms with E-state index in [1.165, 1.54) is 0 Å². The Labute approximate surface area is 117 Å². The van der Waals surface area contributed by atoms with Crippen molar-refractivity contribution in [2.75, 3.05) is 0 Å². The van der Waals surface area contributed by atoms with E-state index in [2.05, 4.69) is 5.10 Å². The quantitative estimate of drug-likeness (QED) is 0.772. The molecule has 3 aromatic rings. The van der Waals surface area contributed by atoms with Gasteiger partial charge in [-0.15, -0.1) is 0 Å². The van der Waals surface area contributed by atoms with Gasteiger partial charge in [-0.2, -0.15) is 5.10 Å². The molecule has 1 atom stereocenters. The highest BCUT2D eigenvalue weighted by Crippen LogP contribution is 2.19. The first kappa shape index (κ1) is 12.7. The zero-order valence-electron chi connectivity index (χ0n) is 11.1. The fraction of sp³-hybridized carbons (Fsp3) is 0.188. The van der Waals surface area contributed by atoms with Gasteiger partial charge in [-0.05, 0) is 36.8 Å². The summed E-state index contributed by atoms with van der Waals surface area (Å²) in [6.07, 6.45) is 5.13. The van der Waals surface area contributed by atoms with E-state index in [4.69, 9.17) is 10.2 Å². The number of hydrogen-bond acceptors (Lipinski definition) is 3. The summed E-state index contributed by atoms with van der Waals surface area (Å²) >= 11 is 0. The van der Waals surface area contributed by atoms with Crippen molar-refractivity contribution in [3.05, 3.63) is 72.4 Å².